The Kier molecular flexibility index (Phi) is 33.9. The zero-order valence-electron chi connectivity index (χ0n) is 52.6. The summed E-state index contributed by atoms with van der Waals surface area (Å²) in [6.07, 6.45) is 3.86. The van der Waals surface area contributed by atoms with Gasteiger partial charge >= 0.3 is 5.96 Å². The number of ether oxygens (including phenoxy) is 1. The van der Waals surface area contributed by atoms with Gasteiger partial charge in [-0.05, 0) is 119 Å². The smallest absolute Gasteiger partial charge is 0.338 e. The third kappa shape index (κ3) is 28.0. The van der Waals surface area contributed by atoms with Gasteiger partial charge in [-0.3, -0.25) is 69.2 Å². The highest BCUT2D eigenvalue weighted by atomic mass is 32.2. The summed E-state index contributed by atoms with van der Waals surface area (Å²) < 4.78 is 6.24. The number of hydrogen-bond donors (Lipinski definition) is 13. The van der Waals surface area contributed by atoms with Crippen LogP contribution in [0.25, 0.3) is 0 Å². The van der Waals surface area contributed by atoms with Crippen LogP contribution in [0, 0.1) is 5.92 Å². The molecule has 1 saturated heterocycles. The zero-order chi connectivity index (χ0) is 68.6. The van der Waals surface area contributed by atoms with Crippen LogP contribution in [0.1, 0.15) is 115 Å². The Balaban J connectivity index is 1.82. The topological polar surface area (TPSA) is 502 Å². The number of primary amides is 1. The third-order valence-corrected chi connectivity index (χ3v) is 17.9. The number of carbonyl (C=O) groups excluding carboxylic acids is 13. The quantitative estimate of drug-likeness (QED) is 0.0441. The fourth-order valence-corrected chi connectivity index (χ4v) is 12.3. The molecule has 3 aliphatic heterocycles. The number of nitrogens with two attached hydrogens (primary N) is 3. The van der Waals surface area contributed by atoms with Gasteiger partial charge in [-0.25, -0.2) is 0 Å². The van der Waals surface area contributed by atoms with E-state index < -0.39 is 163 Å². The number of carboxylic acid groups (broad SMARTS) is 2. The molecule has 1 fully saturated rings. The minimum atomic E-state index is -1.90. The van der Waals surface area contributed by atoms with Crippen molar-refractivity contribution < 1.29 is 87.1 Å². The van der Waals surface area contributed by atoms with E-state index in [1.54, 1.807) is 32.2 Å². The normalized spacial score (nSPS) is 25.5. The van der Waals surface area contributed by atoms with Gasteiger partial charge in [0.25, 0.3) is 5.91 Å². The summed E-state index contributed by atoms with van der Waals surface area (Å²) in [5.41, 5.74) is 18.3. The molecule has 4 bridgehead atoms. The average Bonchev–Trinajstić information content (AvgIpc) is 1.86. The summed E-state index contributed by atoms with van der Waals surface area (Å²) in [6.45, 7) is 4.39. The van der Waals surface area contributed by atoms with E-state index >= 15 is 4.79 Å². The second-order valence-electron chi connectivity index (χ2n) is 22.5. The lowest BCUT2D eigenvalue weighted by Crippen LogP contribution is -2.78. The van der Waals surface area contributed by atoms with Crippen molar-refractivity contribution in [3.63, 3.8) is 0 Å². The highest BCUT2D eigenvalue weighted by Crippen LogP contribution is 2.27. The minimum absolute atomic E-state index is 0.0110. The number of rotatable bonds is 15. The van der Waals surface area contributed by atoms with Crippen molar-refractivity contribution in [3.05, 3.63) is 29.3 Å². The second kappa shape index (κ2) is 40.8. The number of amides is 11. The van der Waals surface area contributed by atoms with Gasteiger partial charge in [-0.2, -0.15) is 35.3 Å². The highest BCUT2D eigenvalue weighted by Gasteiger charge is 2.41. The van der Waals surface area contributed by atoms with Crippen LogP contribution in [0.5, 0.6) is 5.75 Å². The summed E-state index contributed by atoms with van der Waals surface area (Å²) in [7, 11) is 0. The Hall–Kier alpha value is -8.08. The molecule has 0 aromatic heterocycles. The predicted molar refractivity (Wildman–Crippen MR) is 340 cm³/mol. The molecule has 0 radical (unpaired) electrons. The Labute approximate surface area is 551 Å². The third-order valence-electron chi connectivity index (χ3n) is 15.0. The van der Waals surface area contributed by atoms with Crippen LogP contribution in [0.3, 0.4) is 0 Å². The molecule has 516 valence electrons. The summed E-state index contributed by atoms with van der Waals surface area (Å²) in [4.78, 5) is 186. The van der Waals surface area contributed by atoms with Gasteiger partial charge in [-0.1, -0.05) is 31.5 Å². The molecule has 0 spiro atoms. The molecule has 11 amide bonds. The number of aliphatic carboxylic acids is 2. The lowest BCUT2D eigenvalue weighted by Gasteiger charge is -2.31. The molecular formula is C58H88N15O17S3-. The lowest BCUT2D eigenvalue weighted by atomic mass is 9.97. The molecule has 1 aromatic carbocycles. The summed E-state index contributed by atoms with van der Waals surface area (Å²) >= 11 is 3.72. The Morgan fingerprint density at radius 2 is 1.35 bits per heavy atom. The maximum atomic E-state index is 15.1. The molecule has 0 aliphatic carbocycles. The molecule has 0 unspecified atom stereocenters. The molecule has 4 rings (SSSR count). The molecular weight excluding hydrogens is 1270 g/mol. The highest BCUT2D eigenvalue weighted by molar-refractivity contribution is 7.99. The van der Waals surface area contributed by atoms with Crippen LogP contribution in [0.15, 0.2) is 23.4 Å². The van der Waals surface area contributed by atoms with E-state index in [0.29, 0.717) is 42.7 Å². The Bertz CT molecular complexity index is 2850. The van der Waals surface area contributed by atoms with Gasteiger partial charge < -0.3 is 87.9 Å². The van der Waals surface area contributed by atoms with Crippen LogP contribution in [-0.4, -0.2) is 205 Å². The number of benzene rings is 1. The number of hydrogen-bond acceptors (Lipinski definition) is 21. The SMILES string of the molecule is CC[C@H](C)[C@@H]1NC(=O)[C@H](CC(=O)[O-])NC(=O)[C@H](CCSC)NC(=O)[C@@H]2CCCN2C(=O)[C@@H]2CSCc3cc(cc(c3)OCCCCCCO/N=C/C(=O)N[C@@H](CCC[NH+]=C(N)N)C(=O)N2)CSC[C@@H](C(N)=O)NC(=O)[C@H](CCC(=O)[O-])NC(=O)CNC(=O)[C@H](C)NC1=O. The van der Waals surface area contributed by atoms with E-state index in [2.05, 4.69) is 58.0 Å². The fourth-order valence-electron chi connectivity index (χ4n) is 9.79. The number of thioether (sulfide) groups is 3. The van der Waals surface area contributed by atoms with E-state index in [1.807, 2.05) is 6.07 Å². The molecule has 16 N–H and O–H groups in total. The Morgan fingerprint density at radius 1 is 0.720 bits per heavy atom. The molecule has 0 saturated carbocycles. The molecule has 1 aromatic rings. The summed E-state index contributed by atoms with van der Waals surface area (Å²) in [6, 6.07) is -7.56. The maximum Gasteiger partial charge on any atom is 0.338 e. The van der Waals surface area contributed by atoms with Crippen LogP contribution < -0.4 is 85.0 Å². The molecule has 3 aliphatic rings. The molecule has 93 heavy (non-hydrogen) atoms. The largest absolute Gasteiger partial charge is 0.550 e. The van der Waals surface area contributed by atoms with E-state index in [9.17, 15) is 67.7 Å². The number of nitrogens with zero attached hydrogens (tertiary/aromatic N) is 2. The first-order valence-electron chi connectivity index (χ1n) is 30.7. The number of oxime groups is 1. The number of carbonyl (C=O) groups is 13. The van der Waals surface area contributed by atoms with E-state index in [4.69, 9.17) is 26.8 Å². The number of fused-ring (bicyclic) bond motifs is 6. The van der Waals surface area contributed by atoms with Crippen molar-refractivity contribution in [3.8, 4) is 5.75 Å². The van der Waals surface area contributed by atoms with Crippen LogP contribution in [0.4, 0.5) is 0 Å². The van der Waals surface area contributed by atoms with Crippen LogP contribution >= 0.6 is 35.3 Å². The lowest BCUT2D eigenvalue weighted by molar-refractivity contribution is -0.459. The van der Waals surface area contributed by atoms with Gasteiger partial charge in [0.1, 0.15) is 72.9 Å². The van der Waals surface area contributed by atoms with Crippen molar-refractivity contribution in [2.24, 2.45) is 28.3 Å². The zero-order valence-corrected chi connectivity index (χ0v) is 55.1. The van der Waals surface area contributed by atoms with Crippen molar-refractivity contribution >= 4 is 124 Å². The standard InChI is InChI=1S/C58H89N15O17S3/c1-5-32(2)48-56(87)65-33(3)50(81)63-26-44(74)67-38(14-15-46(76)77)52(83)70-41(49(59)80)30-92-28-34-22-35-24-36(23-34)89-19-8-6-7-9-20-90-64-27-45(75)66-37(12-10-17-62-58(60)61)51(82)71-42(31-93-29-35)57(88)73-18-11-13-43(73)55(86)68-39(16-21-91-4)53(84)69-40(25-47(78)79)54(85)72-48/h22-24,27,32-33,37-43,48H,5-21,25-26,28-31H2,1-4H3,(H2,59,80)(H,63,81)(H,65,87)(H,66,75)(H,67,74)(H,68,86)(H,69,84)(H,70,83)(H,71,82)(H,72,85)(H,76,77)(H,78,79)(H4,60,61,62)/p-1/b64-27+/t32-,33-,37-,38-,39-,40-,41-,42-,43-,48-/m0/s1. The molecule has 35 heteroatoms. The van der Waals surface area contributed by atoms with Crippen LogP contribution in [-0.2, 0) is 78.7 Å². The summed E-state index contributed by atoms with van der Waals surface area (Å²) in [5.74, 6) is -13.2. The van der Waals surface area contributed by atoms with Gasteiger partial charge in [0.15, 0.2) is 0 Å². The molecule has 32 nitrogen and oxygen atoms in total. The van der Waals surface area contributed by atoms with Gasteiger partial charge in [0.05, 0.1) is 19.7 Å². The van der Waals surface area contributed by atoms with Crippen molar-refractivity contribution in [1.82, 2.24) is 52.8 Å². The summed E-state index contributed by atoms with van der Waals surface area (Å²) in [5, 5.41) is 50.0. The van der Waals surface area contributed by atoms with Crippen molar-refractivity contribution in [2.75, 3.05) is 56.4 Å². The van der Waals surface area contributed by atoms with E-state index in [-0.39, 0.29) is 86.5 Å². The van der Waals surface area contributed by atoms with Crippen molar-refractivity contribution in [2.45, 2.75) is 170 Å². The van der Waals surface area contributed by atoms with Gasteiger partial charge in [0, 0.05) is 47.9 Å². The minimum Gasteiger partial charge on any atom is -0.550 e. The van der Waals surface area contributed by atoms with Gasteiger partial charge in [0.2, 0.25) is 59.1 Å². The molecule has 10 atom stereocenters. The predicted octanol–water partition coefficient (Wildman–Crippen LogP) is -6.78. The molecule has 3 heterocycles. The Morgan fingerprint density at radius 3 is 2.01 bits per heavy atom. The van der Waals surface area contributed by atoms with Crippen LogP contribution in [0.2, 0.25) is 0 Å². The monoisotopic (exact) mass is 1360 g/mol. The number of carboxylic acids is 2. The maximum absolute atomic E-state index is 15.1. The first-order chi connectivity index (χ1) is 44.3. The second-order valence-corrected chi connectivity index (χ2v) is 25.5. The van der Waals surface area contributed by atoms with Crippen molar-refractivity contribution in [1.29, 1.82) is 0 Å². The van der Waals surface area contributed by atoms with E-state index in [0.717, 1.165) is 19.1 Å². The first-order valence-corrected chi connectivity index (χ1v) is 34.4. The fraction of sp³-hybridized carbons (Fsp3) is 0.638. The number of nitrogens with one attached hydrogen (secondary N) is 10. The average molecular weight is 1360 g/mol. The first kappa shape index (κ1) is 77.4. The number of guanidine groups is 1. The van der Waals surface area contributed by atoms with Gasteiger partial charge in [-0.15, -0.1) is 0 Å². The van der Waals surface area contributed by atoms with E-state index in [1.165, 1.54) is 47.1 Å².